The molecule has 0 spiro atoms. The molecule has 1 rings (SSSR count). The highest BCUT2D eigenvalue weighted by atomic mass is 79.9. The van der Waals surface area contributed by atoms with Crippen molar-refractivity contribution in [2.75, 3.05) is 0 Å². The molecule has 74 valence electrons. The maximum absolute atomic E-state index is 12.4. The van der Waals surface area contributed by atoms with E-state index in [0.29, 0.717) is 16.6 Å². The number of pyridine rings is 1. The van der Waals surface area contributed by atoms with Gasteiger partial charge in [0.15, 0.2) is 0 Å². The topological polar surface area (TPSA) is 36.7 Å². The zero-order valence-electron chi connectivity index (χ0n) is 7.17. The third kappa shape index (κ3) is 2.48. The van der Waals surface area contributed by atoms with Gasteiger partial charge in [-0.05, 0) is 11.6 Å². The first-order valence-electron chi connectivity index (χ1n) is 3.87. The van der Waals surface area contributed by atoms with Crippen LogP contribution >= 0.6 is 15.9 Å². The molecule has 0 aliphatic carbocycles. The number of hydrogen-bond acceptors (Lipinski definition) is 2. The average Bonchev–Trinajstić information content (AvgIpc) is 2.17. The van der Waals surface area contributed by atoms with Gasteiger partial charge in [-0.3, -0.25) is 4.98 Å². The lowest BCUT2D eigenvalue weighted by atomic mass is 10.1. The molecule has 0 amide bonds. The predicted octanol–water partition coefficient (Wildman–Crippen LogP) is 2.98. The molecule has 1 aromatic rings. The third-order valence-electron chi connectivity index (χ3n) is 1.72. The molecule has 0 saturated carbocycles. The van der Waals surface area contributed by atoms with E-state index in [9.17, 15) is 8.78 Å². The van der Waals surface area contributed by atoms with Gasteiger partial charge in [0.05, 0.1) is 18.2 Å². The van der Waals surface area contributed by atoms with Crippen LogP contribution in [0.1, 0.15) is 23.2 Å². The number of aromatic nitrogens is 1. The molecule has 0 atom stereocenters. The molecule has 0 aliphatic rings. The Kier molecular flexibility index (Phi) is 3.96. The van der Waals surface area contributed by atoms with Gasteiger partial charge in [0, 0.05) is 17.1 Å². The van der Waals surface area contributed by atoms with Crippen molar-refractivity contribution in [3.8, 4) is 6.07 Å². The Hall–Kier alpha value is -1.02. The number of hydrogen-bond donors (Lipinski definition) is 0. The molecule has 5 heteroatoms. The Labute approximate surface area is 88.7 Å². The standard InChI is InChI=1S/C9H7BrF2N2/c10-4-7-3-6(1-2-13)8(5-14-7)9(11)12/h3,5,9H,1,4H2. The van der Waals surface area contributed by atoms with E-state index in [0.717, 1.165) is 6.20 Å². The molecule has 0 aromatic carbocycles. The van der Waals surface area contributed by atoms with Gasteiger partial charge in [0.25, 0.3) is 6.43 Å². The first kappa shape index (κ1) is 11.1. The second kappa shape index (κ2) is 5.01. The maximum Gasteiger partial charge on any atom is 0.265 e. The minimum atomic E-state index is -2.57. The quantitative estimate of drug-likeness (QED) is 0.784. The van der Waals surface area contributed by atoms with Gasteiger partial charge in [-0.15, -0.1) is 0 Å². The van der Waals surface area contributed by atoms with Crippen molar-refractivity contribution in [3.63, 3.8) is 0 Å². The summed E-state index contributed by atoms with van der Waals surface area (Å²) in [5, 5.41) is 8.96. The van der Waals surface area contributed by atoms with Crippen LogP contribution in [0.3, 0.4) is 0 Å². The second-order valence-electron chi connectivity index (χ2n) is 2.64. The first-order chi connectivity index (χ1) is 6.69. The highest BCUT2D eigenvalue weighted by molar-refractivity contribution is 9.08. The highest BCUT2D eigenvalue weighted by Crippen LogP contribution is 2.23. The summed E-state index contributed by atoms with van der Waals surface area (Å²) in [6.45, 7) is 0. The zero-order chi connectivity index (χ0) is 10.6. The van der Waals surface area contributed by atoms with Crippen molar-refractivity contribution >= 4 is 15.9 Å². The lowest BCUT2D eigenvalue weighted by Crippen LogP contribution is -1.98. The van der Waals surface area contributed by atoms with Crippen molar-refractivity contribution in [3.05, 3.63) is 29.1 Å². The van der Waals surface area contributed by atoms with Gasteiger partial charge in [0.2, 0.25) is 0 Å². The molecule has 1 aromatic heterocycles. The van der Waals surface area contributed by atoms with E-state index < -0.39 is 6.43 Å². The molecular formula is C9H7BrF2N2. The van der Waals surface area contributed by atoms with Gasteiger partial charge in [0.1, 0.15) is 0 Å². The molecule has 1 heterocycles. The van der Waals surface area contributed by atoms with Gasteiger partial charge >= 0.3 is 0 Å². The number of nitrogens with zero attached hydrogens (tertiary/aromatic N) is 2. The molecule has 0 N–H and O–H groups in total. The minimum Gasteiger partial charge on any atom is -0.260 e. The van der Waals surface area contributed by atoms with Crippen molar-refractivity contribution in [1.29, 1.82) is 5.26 Å². The summed E-state index contributed by atoms with van der Waals surface area (Å²) in [5.74, 6) is 0. The van der Waals surface area contributed by atoms with E-state index in [4.69, 9.17) is 5.26 Å². The van der Waals surface area contributed by atoms with Crippen LogP contribution in [0, 0.1) is 11.3 Å². The molecular weight excluding hydrogens is 254 g/mol. The summed E-state index contributed by atoms with van der Waals surface area (Å²) in [6.07, 6.45) is -1.45. The van der Waals surface area contributed by atoms with Crippen LogP contribution in [0.15, 0.2) is 12.3 Å². The van der Waals surface area contributed by atoms with Crippen LogP contribution in [-0.2, 0) is 11.8 Å². The second-order valence-corrected chi connectivity index (χ2v) is 3.20. The zero-order valence-corrected chi connectivity index (χ0v) is 8.76. The Bertz CT molecular complexity index is 360. The van der Waals surface area contributed by atoms with Crippen LogP contribution in [-0.4, -0.2) is 4.98 Å². The van der Waals surface area contributed by atoms with E-state index in [1.54, 1.807) is 0 Å². The molecule has 0 bridgehead atoms. The Balaban J connectivity index is 3.11. The maximum atomic E-state index is 12.4. The smallest absolute Gasteiger partial charge is 0.260 e. The molecule has 14 heavy (non-hydrogen) atoms. The van der Waals surface area contributed by atoms with Crippen LogP contribution in [0.25, 0.3) is 0 Å². The number of alkyl halides is 3. The number of halogens is 3. The Morgan fingerprint density at radius 1 is 1.57 bits per heavy atom. The van der Waals surface area contributed by atoms with E-state index in [1.165, 1.54) is 6.07 Å². The molecule has 2 nitrogen and oxygen atoms in total. The molecule has 0 unspecified atom stereocenters. The van der Waals surface area contributed by atoms with Crippen molar-refractivity contribution in [2.45, 2.75) is 18.2 Å². The lowest BCUT2D eigenvalue weighted by Gasteiger charge is -2.06. The molecule has 0 fully saturated rings. The third-order valence-corrected chi connectivity index (χ3v) is 2.30. The summed E-state index contributed by atoms with van der Waals surface area (Å²) >= 11 is 3.17. The van der Waals surface area contributed by atoms with E-state index in [-0.39, 0.29) is 12.0 Å². The fourth-order valence-corrected chi connectivity index (χ4v) is 1.37. The molecule has 0 saturated heterocycles. The number of nitriles is 1. The number of rotatable bonds is 3. The summed E-state index contributed by atoms with van der Waals surface area (Å²) in [4.78, 5) is 3.83. The Morgan fingerprint density at radius 3 is 2.79 bits per heavy atom. The van der Waals surface area contributed by atoms with Crippen molar-refractivity contribution < 1.29 is 8.78 Å². The fraction of sp³-hybridized carbons (Fsp3) is 0.333. The average molecular weight is 261 g/mol. The first-order valence-corrected chi connectivity index (χ1v) is 5.00. The largest absolute Gasteiger partial charge is 0.265 e. The van der Waals surface area contributed by atoms with Gasteiger partial charge in [-0.2, -0.15) is 5.26 Å². The molecule has 0 radical (unpaired) electrons. The predicted molar refractivity (Wildman–Crippen MR) is 51.1 cm³/mol. The van der Waals surface area contributed by atoms with Crippen LogP contribution in [0.4, 0.5) is 8.78 Å². The summed E-state index contributed by atoms with van der Waals surface area (Å²) < 4.78 is 24.9. The summed E-state index contributed by atoms with van der Waals surface area (Å²) in [5.41, 5.74) is 0.850. The van der Waals surface area contributed by atoms with Crippen LogP contribution < -0.4 is 0 Å². The Morgan fingerprint density at radius 2 is 2.29 bits per heavy atom. The van der Waals surface area contributed by atoms with Gasteiger partial charge in [-0.1, -0.05) is 15.9 Å². The van der Waals surface area contributed by atoms with E-state index in [1.807, 2.05) is 6.07 Å². The monoisotopic (exact) mass is 260 g/mol. The van der Waals surface area contributed by atoms with Gasteiger partial charge < -0.3 is 0 Å². The van der Waals surface area contributed by atoms with Crippen LogP contribution in [0.5, 0.6) is 0 Å². The summed E-state index contributed by atoms with van der Waals surface area (Å²) in [7, 11) is 0. The van der Waals surface area contributed by atoms with Gasteiger partial charge in [-0.25, -0.2) is 8.78 Å². The van der Waals surface area contributed by atoms with E-state index in [2.05, 4.69) is 20.9 Å². The normalized spacial score (nSPS) is 10.2. The minimum absolute atomic E-state index is 0.0117. The van der Waals surface area contributed by atoms with E-state index >= 15 is 0 Å². The van der Waals surface area contributed by atoms with Crippen LogP contribution in [0.2, 0.25) is 0 Å². The molecule has 0 aliphatic heterocycles. The fourth-order valence-electron chi connectivity index (χ4n) is 1.06. The van der Waals surface area contributed by atoms with Crippen molar-refractivity contribution in [2.24, 2.45) is 0 Å². The van der Waals surface area contributed by atoms with Crippen molar-refractivity contribution in [1.82, 2.24) is 4.98 Å². The lowest BCUT2D eigenvalue weighted by molar-refractivity contribution is 0.150. The summed E-state index contributed by atoms with van der Waals surface area (Å²) in [6, 6.07) is 3.38. The SMILES string of the molecule is N#CCc1cc(CBr)ncc1C(F)F. The highest BCUT2D eigenvalue weighted by Gasteiger charge is 2.13.